The fourth-order valence-electron chi connectivity index (χ4n) is 3.82. The van der Waals surface area contributed by atoms with Gasteiger partial charge in [0, 0.05) is 23.1 Å². The molecule has 37 heavy (non-hydrogen) atoms. The van der Waals surface area contributed by atoms with Gasteiger partial charge in [0.15, 0.2) is 5.78 Å². The minimum absolute atomic E-state index is 0.0852. The van der Waals surface area contributed by atoms with Gasteiger partial charge in [-0.2, -0.15) is 0 Å². The van der Waals surface area contributed by atoms with E-state index in [4.69, 9.17) is 9.47 Å². The number of methoxy groups -OCH3 is 1. The van der Waals surface area contributed by atoms with Gasteiger partial charge in [-0.15, -0.1) is 0 Å². The fraction of sp³-hybridized carbons (Fsp3) is 0.179. The molecule has 0 aliphatic heterocycles. The van der Waals surface area contributed by atoms with Crippen molar-refractivity contribution in [2.45, 2.75) is 20.4 Å². The number of anilines is 1. The van der Waals surface area contributed by atoms with Gasteiger partial charge in [0.2, 0.25) is 11.3 Å². The van der Waals surface area contributed by atoms with Gasteiger partial charge >= 0.3 is 5.97 Å². The minimum atomic E-state index is -0.491. The molecule has 2 heterocycles. The maximum Gasteiger partial charge on any atom is 0.338 e. The van der Waals surface area contributed by atoms with E-state index in [1.165, 1.54) is 17.9 Å². The molecule has 1 N–H and O–H groups in total. The minimum Gasteiger partial charge on any atom is -0.497 e. The SMILES string of the molecule is CCOC(=O)c1ccc(NC(=O)Cn2cc(C(=O)c3cccc(OC)c3)c(=O)c3ccc(C)nc32)cc1. The number of carbonyl (C=O) groups is 3. The molecule has 188 valence electrons. The van der Waals surface area contributed by atoms with Crippen molar-refractivity contribution < 1.29 is 23.9 Å². The number of ketones is 1. The Morgan fingerprint density at radius 1 is 1.00 bits per heavy atom. The summed E-state index contributed by atoms with van der Waals surface area (Å²) in [6.45, 7) is 3.56. The van der Waals surface area contributed by atoms with Crippen LogP contribution in [0.3, 0.4) is 0 Å². The Balaban J connectivity index is 1.66. The van der Waals surface area contributed by atoms with Crippen LogP contribution in [0.5, 0.6) is 5.75 Å². The Morgan fingerprint density at radius 2 is 1.76 bits per heavy atom. The number of benzene rings is 2. The van der Waals surface area contributed by atoms with Crippen LogP contribution in [0.4, 0.5) is 5.69 Å². The Morgan fingerprint density at radius 3 is 2.46 bits per heavy atom. The first-order chi connectivity index (χ1) is 17.8. The molecule has 9 heteroatoms. The summed E-state index contributed by atoms with van der Waals surface area (Å²) < 4.78 is 11.6. The number of aromatic nitrogens is 2. The van der Waals surface area contributed by atoms with Crippen LogP contribution in [-0.4, -0.2) is 40.9 Å². The van der Waals surface area contributed by atoms with Crippen LogP contribution in [0.25, 0.3) is 11.0 Å². The third kappa shape index (κ3) is 5.56. The number of amides is 1. The van der Waals surface area contributed by atoms with E-state index in [0.29, 0.717) is 28.3 Å². The quantitative estimate of drug-likeness (QED) is 0.290. The Hall–Kier alpha value is -4.79. The number of carbonyl (C=O) groups excluding carboxylic acids is 3. The lowest BCUT2D eigenvalue weighted by molar-refractivity contribution is -0.116. The molecular formula is C28H25N3O6. The molecule has 4 rings (SSSR count). The highest BCUT2D eigenvalue weighted by Gasteiger charge is 2.19. The molecule has 2 aromatic heterocycles. The number of aryl methyl sites for hydroxylation is 1. The molecule has 1 amide bonds. The first-order valence-electron chi connectivity index (χ1n) is 11.6. The molecule has 0 fully saturated rings. The second-order valence-corrected chi connectivity index (χ2v) is 8.23. The Bertz CT molecular complexity index is 1560. The van der Waals surface area contributed by atoms with E-state index in [1.807, 2.05) is 0 Å². The molecule has 9 nitrogen and oxygen atoms in total. The molecule has 2 aromatic carbocycles. The summed E-state index contributed by atoms with van der Waals surface area (Å²) >= 11 is 0. The van der Waals surface area contributed by atoms with Crippen LogP contribution in [0.1, 0.15) is 38.9 Å². The summed E-state index contributed by atoms with van der Waals surface area (Å²) in [5.74, 6) is -0.862. The summed E-state index contributed by atoms with van der Waals surface area (Å²) in [4.78, 5) is 55.7. The first kappa shape index (κ1) is 25.3. The average Bonchev–Trinajstić information content (AvgIpc) is 2.90. The van der Waals surface area contributed by atoms with Crippen molar-refractivity contribution in [1.82, 2.24) is 9.55 Å². The van der Waals surface area contributed by atoms with Crippen molar-refractivity contribution >= 4 is 34.4 Å². The predicted molar refractivity (Wildman–Crippen MR) is 138 cm³/mol. The van der Waals surface area contributed by atoms with Crippen molar-refractivity contribution in [3.05, 3.63) is 99.5 Å². The van der Waals surface area contributed by atoms with Crippen LogP contribution in [0.15, 0.2) is 71.7 Å². The molecule has 4 aromatic rings. The molecule has 0 radical (unpaired) electrons. The highest BCUT2D eigenvalue weighted by Crippen LogP contribution is 2.18. The topological polar surface area (TPSA) is 117 Å². The van der Waals surface area contributed by atoms with Crippen molar-refractivity contribution in [3.63, 3.8) is 0 Å². The molecule has 0 aliphatic rings. The van der Waals surface area contributed by atoms with Gasteiger partial charge in [0.25, 0.3) is 0 Å². The predicted octanol–water partition coefficient (Wildman–Crippen LogP) is 3.76. The lowest BCUT2D eigenvalue weighted by Crippen LogP contribution is -2.25. The summed E-state index contributed by atoms with van der Waals surface area (Å²) in [6.07, 6.45) is 1.36. The smallest absolute Gasteiger partial charge is 0.338 e. The highest BCUT2D eigenvalue weighted by atomic mass is 16.5. The number of ether oxygens (including phenoxy) is 2. The number of rotatable bonds is 8. The number of esters is 1. The van der Waals surface area contributed by atoms with Crippen LogP contribution < -0.4 is 15.5 Å². The zero-order chi connectivity index (χ0) is 26.5. The second-order valence-electron chi connectivity index (χ2n) is 8.23. The molecule has 0 bridgehead atoms. The number of pyridine rings is 2. The summed E-state index contributed by atoms with van der Waals surface area (Å²) in [5.41, 5.74) is 1.52. The van der Waals surface area contributed by atoms with E-state index in [9.17, 15) is 19.2 Å². The first-order valence-corrected chi connectivity index (χ1v) is 11.6. The van der Waals surface area contributed by atoms with Crippen LogP contribution >= 0.6 is 0 Å². The number of nitrogens with one attached hydrogen (secondary N) is 1. The van der Waals surface area contributed by atoms with E-state index in [0.717, 1.165) is 0 Å². The molecular weight excluding hydrogens is 474 g/mol. The highest BCUT2D eigenvalue weighted by molar-refractivity contribution is 6.10. The lowest BCUT2D eigenvalue weighted by atomic mass is 10.0. The van der Waals surface area contributed by atoms with Gasteiger partial charge in [-0.1, -0.05) is 12.1 Å². The zero-order valence-electron chi connectivity index (χ0n) is 20.6. The normalized spacial score (nSPS) is 10.7. The zero-order valence-corrected chi connectivity index (χ0v) is 20.6. The fourth-order valence-corrected chi connectivity index (χ4v) is 3.82. The second kappa shape index (κ2) is 10.9. The standard InChI is InChI=1S/C28H25N3O6/c1-4-37-28(35)18-9-11-20(12-10-18)30-24(32)16-31-15-23(25(33)19-6-5-7-21(14-19)36-3)26(34)22-13-8-17(2)29-27(22)31/h5-15H,4,16H2,1-3H3,(H,30,32). The summed E-state index contributed by atoms with van der Waals surface area (Å²) in [5, 5.41) is 2.99. The number of fused-ring (bicyclic) bond motifs is 1. The Kier molecular flexibility index (Phi) is 7.43. The maximum atomic E-state index is 13.3. The number of hydrogen-bond donors (Lipinski definition) is 1. The third-order valence-corrected chi connectivity index (χ3v) is 5.63. The van der Waals surface area contributed by atoms with Crippen LogP contribution in [0, 0.1) is 6.92 Å². The van der Waals surface area contributed by atoms with Gasteiger partial charge < -0.3 is 19.4 Å². The molecule has 0 atom stereocenters. The molecule has 0 saturated heterocycles. The molecule has 0 aliphatic carbocycles. The van der Waals surface area contributed by atoms with Crippen molar-refractivity contribution in [3.8, 4) is 5.75 Å². The van der Waals surface area contributed by atoms with Crippen molar-refractivity contribution in [1.29, 1.82) is 0 Å². The van der Waals surface area contributed by atoms with Crippen molar-refractivity contribution in [2.24, 2.45) is 0 Å². The number of hydrogen-bond acceptors (Lipinski definition) is 7. The largest absolute Gasteiger partial charge is 0.497 e. The van der Waals surface area contributed by atoms with E-state index >= 15 is 0 Å². The molecule has 0 spiro atoms. The van der Waals surface area contributed by atoms with Gasteiger partial charge in [-0.3, -0.25) is 14.4 Å². The lowest BCUT2D eigenvalue weighted by Gasteiger charge is -2.13. The molecule has 0 unspecified atom stereocenters. The van der Waals surface area contributed by atoms with Gasteiger partial charge in [0.1, 0.15) is 17.9 Å². The number of nitrogens with zero attached hydrogens (tertiary/aromatic N) is 2. The van der Waals surface area contributed by atoms with E-state index in [1.54, 1.807) is 74.5 Å². The maximum absolute atomic E-state index is 13.3. The summed E-state index contributed by atoms with van der Waals surface area (Å²) in [7, 11) is 1.49. The average molecular weight is 500 g/mol. The van der Waals surface area contributed by atoms with Gasteiger partial charge in [-0.25, -0.2) is 9.78 Å². The van der Waals surface area contributed by atoms with Gasteiger partial charge in [0.05, 0.1) is 30.2 Å². The van der Waals surface area contributed by atoms with E-state index in [-0.39, 0.29) is 29.7 Å². The monoisotopic (exact) mass is 499 g/mol. The Labute approximate surface area is 212 Å². The van der Waals surface area contributed by atoms with Crippen LogP contribution in [-0.2, 0) is 16.1 Å². The summed E-state index contributed by atoms with van der Waals surface area (Å²) in [6, 6.07) is 16.1. The van der Waals surface area contributed by atoms with Crippen molar-refractivity contribution in [2.75, 3.05) is 19.0 Å². The van der Waals surface area contributed by atoms with Gasteiger partial charge in [-0.05, 0) is 62.4 Å². The van der Waals surface area contributed by atoms with E-state index in [2.05, 4.69) is 10.3 Å². The third-order valence-electron chi connectivity index (χ3n) is 5.63. The van der Waals surface area contributed by atoms with Crippen LogP contribution in [0.2, 0.25) is 0 Å². The molecule has 0 saturated carbocycles. The van der Waals surface area contributed by atoms with E-state index < -0.39 is 23.1 Å².